The third-order valence-corrected chi connectivity index (χ3v) is 6.22. The van der Waals surface area contributed by atoms with E-state index in [1.165, 1.54) is 4.68 Å². The summed E-state index contributed by atoms with van der Waals surface area (Å²) in [5.74, 6) is 0.574. The second-order valence-corrected chi connectivity index (χ2v) is 8.65. The molecule has 0 spiro atoms. The molecule has 14 heteroatoms. The second kappa shape index (κ2) is 6.53. The molecule has 3 atom stereocenters. The van der Waals surface area contributed by atoms with Gasteiger partial charge in [0, 0.05) is 11.2 Å². The van der Waals surface area contributed by atoms with E-state index in [1.54, 1.807) is 16.7 Å². The zero-order chi connectivity index (χ0) is 19.2. The molecule has 2 aliphatic heterocycles. The number of H-pyrrole nitrogens is 1. The molecular weight excluding hydrogens is 374 g/mol. The molecule has 144 valence electrons. The summed E-state index contributed by atoms with van der Waals surface area (Å²) in [5, 5.41) is 27.7. The van der Waals surface area contributed by atoms with Crippen molar-refractivity contribution in [1.82, 2.24) is 51.0 Å². The first kappa shape index (κ1) is 17.8. The van der Waals surface area contributed by atoms with Crippen molar-refractivity contribution in [2.75, 3.05) is 6.54 Å². The summed E-state index contributed by atoms with van der Waals surface area (Å²) in [4.78, 5) is 26.8. The van der Waals surface area contributed by atoms with Crippen LogP contribution in [0.2, 0.25) is 0 Å². The fourth-order valence-electron chi connectivity index (χ4n) is 3.48. The molecule has 0 radical (unpaired) electrons. The molecule has 13 nitrogen and oxygen atoms in total. The van der Waals surface area contributed by atoms with Crippen LogP contribution < -0.4 is 11.1 Å². The first-order valence-corrected chi connectivity index (χ1v) is 9.28. The van der Waals surface area contributed by atoms with Gasteiger partial charge in [-0.3, -0.25) is 9.59 Å². The Kier molecular flexibility index (Phi) is 4.30. The van der Waals surface area contributed by atoms with Gasteiger partial charge in [0.2, 0.25) is 11.8 Å². The number of amides is 2. The van der Waals surface area contributed by atoms with Crippen molar-refractivity contribution >= 4 is 23.6 Å². The molecule has 27 heavy (non-hydrogen) atoms. The number of carbonyl (C=O) groups excluding carboxylic acids is 2. The topological polar surface area (TPSA) is 173 Å². The summed E-state index contributed by atoms with van der Waals surface area (Å²) >= 11 is 1.61. The summed E-state index contributed by atoms with van der Waals surface area (Å²) < 4.78 is 1.09. The van der Waals surface area contributed by atoms with Gasteiger partial charge < -0.3 is 16.0 Å². The highest BCUT2D eigenvalue weighted by atomic mass is 32.2. The van der Waals surface area contributed by atoms with Crippen LogP contribution in [0.25, 0.3) is 0 Å². The molecule has 0 aliphatic carbocycles. The number of rotatable bonds is 6. The van der Waals surface area contributed by atoms with Crippen molar-refractivity contribution in [2.45, 2.75) is 49.0 Å². The number of fused-ring (bicyclic) bond motifs is 1. The first-order valence-electron chi connectivity index (χ1n) is 8.40. The van der Waals surface area contributed by atoms with Crippen LogP contribution in [0.1, 0.15) is 31.5 Å². The van der Waals surface area contributed by atoms with Crippen molar-refractivity contribution in [2.24, 2.45) is 5.73 Å². The molecule has 0 aromatic carbocycles. The fourth-order valence-corrected chi connectivity index (χ4v) is 5.12. The second-order valence-electron chi connectivity index (χ2n) is 6.88. The molecule has 2 aromatic rings. The summed E-state index contributed by atoms with van der Waals surface area (Å²) in [6, 6.07) is -0.879. The van der Waals surface area contributed by atoms with Gasteiger partial charge in [-0.1, -0.05) is 0 Å². The average Bonchev–Trinajstić information content (AvgIpc) is 3.32. The number of hydrogen-bond donors (Lipinski definition) is 3. The molecule has 0 bridgehead atoms. The van der Waals surface area contributed by atoms with Crippen LogP contribution >= 0.6 is 11.8 Å². The predicted octanol–water partition coefficient (Wildman–Crippen LogP) is -2.39. The van der Waals surface area contributed by atoms with Crippen molar-refractivity contribution in [3.63, 3.8) is 0 Å². The molecule has 2 fully saturated rings. The molecule has 0 saturated carbocycles. The molecule has 4 rings (SSSR count). The SMILES string of the molecule is CC1(C)SC2C(NC(=O)Cn3nnnc3CCN)C(=O)N2C1c1nnn[nH]1. The monoisotopic (exact) mass is 393 g/mol. The normalized spacial score (nSPS) is 26.0. The zero-order valence-electron chi connectivity index (χ0n) is 14.7. The van der Waals surface area contributed by atoms with Gasteiger partial charge >= 0.3 is 0 Å². The number of carbonyl (C=O) groups is 2. The molecule has 3 unspecified atom stereocenters. The van der Waals surface area contributed by atoms with Gasteiger partial charge in [-0.25, -0.2) is 9.78 Å². The van der Waals surface area contributed by atoms with E-state index in [-0.39, 0.29) is 34.5 Å². The van der Waals surface area contributed by atoms with E-state index in [0.717, 1.165) is 0 Å². The van der Waals surface area contributed by atoms with Gasteiger partial charge in [0.15, 0.2) is 11.6 Å². The maximum absolute atomic E-state index is 12.7. The number of β-lactam (4-membered cyclic amide) rings is 1. The average molecular weight is 393 g/mol. The van der Waals surface area contributed by atoms with Gasteiger partial charge in [-0.05, 0) is 41.2 Å². The fraction of sp³-hybridized carbons (Fsp3) is 0.692. The van der Waals surface area contributed by atoms with Crippen molar-refractivity contribution < 1.29 is 9.59 Å². The Morgan fingerprint density at radius 3 is 2.89 bits per heavy atom. The first-order chi connectivity index (χ1) is 12.9. The Balaban J connectivity index is 1.44. The lowest BCUT2D eigenvalue weighted by Gasteiger charge is -2.44. The van der Waals surface area contributed by atoms with Crippen LogP contribution in [0.15, 0.2) is 0 Å². The summed E-state index contributed by atoms with van der Waals surface area (Å²) in [5.41, 5.74) is 5.51. The number of aromatic nitrogens is 8. The van der Waals surface area contributed by atoms with Crippen LogP contribution in [-0.4, -0.2) is 80.3 Å². The smallest absolute Gasteiger partial charge is 0.249 e. The number of tetrazole rings is 2. The van der Waals surface area contributed by atoms with E-state index in [9.17, 15) is 9.59 Å². The summed E-state index contributed by atoms with van der Waals surface area (Å²) in [7, 11) is 0. The highest BCUT2D eigenvalue weighted by molar-refractivity contribution is 8.01. The van der Waals surface area contributed by atoms with Crippen molar-refractivity contribution in [1.29, 1.82) is 0 Å². The zero-order valence-corrected chi connectivity index (χ0v) is 15.5. The molecule has 4 heterocycles. The third kappa shape index (κ3) is 2.93. The van der Waals surface area contributed by atoms with E-state index in [1.807, 2.05) is 13.8 Å². The lowest BCUT2D eigenvalue weighted by molar-refractivity contribution is -0.151. The quantitative estimate of drug-likeness (QED) is 0.449. The van der Waals surface area contributed by atoms with Gasteiger partial charge in [-0.2, -0.15) is 0 Å². The predicted molar refractivity (Wildman–Crippen MR) is 91.7 cm³/mol. The summed E-state index contributed by atoms with van der Waals surface area (Å²) in [6.45, 7) is 4.36. The Labute approximate surface area is 157 Å². The Morgan fingerprint density at radius 2 is 2.19 bits per heavy atom. The van der Waals surface area contributed by atoms with Gasteiger partial charge in [0.25, 0.3) is 0 Å². The number of nitrogens with zero attached hydrogens (tertiary/aromatic N) is 8. The highest BCUT2D eigenvalue weighted by Crippen LogP contribution is 2.56. The maximum atomic E-state index is 12.7. The number of aromatic amines is 1. The Bertz CT molecular complexity index is 850. The van der Waals surface area contributed by atoms with Crippen LogP contribution in [-0.2, 0) is 22.6 Å². The molecule has 2 aromatic heterocycles. The summed E-state index contributed by atoms with van der Waals surface area (Å²) in [6.07, 6.45) is 0.468. The van der Waals surface area contributed by atoms with E-state index in [2.05, 4.69) is 41.5 Å². The van der Waals surface area contributed by atoms with Gasteiger partial charge in [0.05, 0.1) is 0 Å². The molecular formula is C13H19N11O2S. The van der Waals surface area contributed by atoms with Crippen LogP contribution in [0.5, 0.6) is 0 Å². The van der Waals surface area contributed by atoms with E-state index >= 15 is 0 Å². The van der Waals surface area contributed by atoms with Crippen LogP contribution in [0.4, 0.5) is 0 Å². The van der Waals surface area contributed by atoms with Gasteiger partial charge in [-0.15, -0.1) is 22.0 Å². The van der Waals surface area contributed by atoms with Crippen molar-refractivity contribution in [3.8, 4) is 0 Å². The lowest BCUT2D eigenvalue weighted by atomic mass is 9.95. The van der Waals surface area contributed by atoms with Gasteiger partial charge in [0.1, 0.15) is 24.0 Å². The Hall–Kier alpha value is -2.61. The highest BCUT2D eigenvalue weighted by Gasteiger charge is 2.63. The van der Waals surface area contributed by atoms with E-state index < -0.39 is 6.04 Å². The Morgan fingerprint density at radius 1 is 1.37 bits per heavy atom. The van der Waals surface area contributed by atoms with E-state index in [0.29, 0.717) is 24.6 Å². The van der Waals surface area contributed by atoms with Crippen LogP contribution in [0.3, 0.4) is 0 Å². The molecule has 2 amide bonds. The minimum Gasteiger partial charge on any atom is -0.340 e. The van der Waals surface area contributed by atoms with Crippen LogP contribution in [0, 0.1) is 0 Å². The largest absolute Gasteiger partial charge is 0.340 e. The molecule has 2 aliphatic rings. The standard InChI is InChI=1S/C13H19N11O2S/c1-13(2)9(10-17-19-20-18-10)24-11(26)8(12(24)27-13)15-7(25)5-23-6(3-4-14)16-21-22-23/h8-9,12H,3-5,14H2,1-2H3,(H,15,25)(H,17,18,19,20). The number of hydrogen-bond acceptors (Lipinski definition) is 10. The maximum Gasteiger partial charge on any atom is 0.249 e. The minimum atomic E-state index is -0.600. The molecule has 4 N–H and O–H groups in total. The number of thioether (sulfide) groups is 1. The number of nitrogens with one attached hydrogen (secondary N) is 2. The molecule has 2 saturated heterocycles. The number of nitrogens with two attached hydrogens (primary N) is 1. The minimum absolute atomic E-state index is 0.0671. The van der Waals surface area contributed by atoms with E-state index in [4.69, 9.17) is 5.73 Å². The lowest BCUT2D eigenvalue weighted by Crippen LogP contribution is -2.68. The third-order valence-electron chi connectivity index (χ3n) is 4.65. The van der Waals surface area contributed by atoms with Crippen molar-refractivity contribution in [3.05, 3.63) is 11.6 Å².